The summed E-state index contributed by atoms with van der Waals surface area (Å²) in [4.78, 5) is 0. The van der Waals surface area contributed by atoms with Crippen LogP contribution in [0, 0.1) is 0 Å². The molecule has 1 aliphatic rings. The molecule has 0 saturated heterocycles. The van der Waals surface area contributed by atoms with E-state index in [4.69, 9.17) is 0 Å². The minimum absolute atomic E-state index is 0.680. The zero-order valence-corrected chi connectivity index (χ0v) is 11.8. The van der Waals surface area contributed by atoms with Gasteiger partial charge in [0.15, 0.2) is 0 Å². The van der Waals surface area contributed by atoms with Crippen LogP contribution in [0.3, 0.4) is 0 Å². The van der Waals surface area contributed by atoms with Crippen molar-refractivity contribution in [3.05, 3.63) is 29.3 Å². The normalized spacial score (nSPS) is 18.4. The Morgan fingerprint density at radius 1 is 1.11 bits per heavy atom. The van der Waals surface area contributed by atoms with Crippen LogP contribution in [0.15, 0.2) is 18.2 Å². The molecule has 0 aromatic heterocycles. The lowest BCUT2D eigenvalue weighted by Gasteiger charge is -2.26. The Kier molecular flexibility index (Phi) is 5.06. The van der Waals surface area contributed by atoms with Crippen LogP contribution in [0.1, 0.15) is 44.2 Å². The zero-order valence-electron chi connectivity index (χ0n) is 11.8. The third-order valence-corrected chi connectivity index (χ3v) is 3.70. The van der Waals surface area contributed by atoms with Gasteiger partial charge in [0.25, 0.3) is 0 Å². The molecule has 0 bridgehead atoms. The van der Waals surface area contributed by atoms with Crippen molar-refractivity contribution in [2.45, 2.75) is 52.0 Å². The molecule has 2 heteroatoms. The zero-order chi connectivity index (χ0) is 12.8. The molecule has 1 aromatic rings. The molecule has 1 atom stereocenters. The van der Waals surface area contributed by atoms with Crippen LogP contribution in [-0.4, -0.2) is 19.1 Å². The Morgan fingerprint density at radius 2 is 1.94 bits per heavy atom. The maximum Gasteiger partial charge on any atom is 0.0343 e. The molecular weight excluding hydrogens is 220 g/mol. The summed E-state index contributed by atoms with van der Waals surface area (Å²) < 4.78 is 0. The van der Waals surface area contributed by atoms with E-state index in [9.17, 15) is 0 Å². The SMILES string of the molecule is CCCNc1ccc2c(c1)CC(NCCC)CC2. The smallest absolute Gasteiger partial charge is 0.0343 e. The molecule has 2 rings (SSSR count). The molecule has 2 nitrogen and oxygen atoms in total. The van der Waals surface area contributed by atoms with E-state index in [0.29, 0.717) is 6.04 Å². The minimum Gasteiger partial charge on any atom is -0.385 e. The van der Waals surface area contributed by atoms with E-state index in [0.717, 1.165) is 13.1 Å². The van der Waals surface area contributed by atoms with Crippen LogP contribution in [0.25, 0.3) is 0 Å². The van der Waals surface area contributed by atoms with Gasteiger partial charge in [-0.3, -0.25) is 0 Å². The van der Waals surface area contributed by atoms with Gasteiger partial charge in [0, 0.05) is 18.3 Å². The van der Waals surface area contributed by atoms with E-state index < -0.39 is 0 Å². The van der Waals surface area contributed by atoms with Gasteiger partial charge in [-0.15, -0.1) is 0 Å². The number of nitrogens with one attached hydrogen (secondary N) is 2. The number of benzene rings is 1. The summed E-state index contributed by atoms with van der Waals surface area (Å²) in [5.41, 5.74) is 4.37. The predicted molar refractivity (Wildman–Crippen MR) is 79.3 cm³/mol. The second kappa shape index (κ2) is 6.79. The van der Waals surface area contributed by atoms with Crippen LogP contribution in [0.5, 0.6) is 0 Å². The highest BCUT2D eigenvalue weighted by Gasteiger charge is 2.17. The van der Waals surface area contributed by atoms with Crippen molar-refractivity contribution in [1.29, 1.82) is 0 Å². The van der Waals surface area contributed by atoms with Crippen LogP contribution >= 0.6 is 0 Å². The van der Waals surface area contributed by atoms with Crippen molar-refractivity contribution in [3.8, 4) is 0 Å². The molecule has 2 N–H and O–H groups in total. The molecule has 0 saturated carbocycles. The van der Waals surface area contributed by atoms with E-state index in [1.165, 1.54) is 43.4 Å². The Labute approximate surface area is 111 Å². The fraction of sp³-hybridized carbons (Fsp3) is 0.625. The molecule has 0 radical (unpaired) electrons. The molecular formula is C16H26N2. The van der Waals surface area contributed by atoms with Gasteiger partial charge in [0.05, 0.1) is 0 Å². The topological polar surface area (TPSA) is 24.1 Å². The van der Waals surface area contributed by atoms with Crippen LogP contribution in [0.4, 0.5) is 5.69 Å². The number of aryl methyl sites for hydroxylation is 1. The second-order valence-corrected chi connectivity index (χ2v) is 5.30. The van der Waals surface area contributed by atoms with Gasteiger partial charge in [-0.05, 0) is 61.9 Å². The van der Waals surface area contributed by atoms with Gasteiger partial charge in [-0.2, -0.15) is 0 Å². The van der Waals surface area contributed by atoms with Crippen molar-refractivity contribution in [1.82, 2.24) is 5.32 Å². The molecule has 1 unspecified atom stereocenters. The maximum atomic E-state index is 3.65. The molecule has 0 heterocycles. The molecule has 18 heavy (non-hydrogen) atoms. The first-order chi connectivity index (χ1) is 8.83. The molecule has 0 spiro atoms. The van der Waals surface area contributed by atoms with E-state index in [1.54, 1.807) is 5.56 Å². The average Bonchev–Trinajstić information content (AvgIpc) is 2.42. The van der Waals surface area contributed by atoms with Crippen molar-refractivity contribution in [3.63, 3.8) is 0 Å². The lowest BCUT2D eigenvalue weighted by Crippen LogP contribution is -2.34. The van der Waals surface area contributed by atoms with Crippen molar-refractivity contribution < 1.29 is 0 Å². The van der Waals surface area contributed by atoms with Gasteiger partial charge in [0.1, 0.15) is 0 Å². The molecule has 0 aliphatic heterocycles. The van der Waals surface area contributed by atoms with Crippen molar-refractivity contribution in [2.24, 2.45) is 0 Å². The van der Waals surface area contributed by atoms with Gasteiger partial charge < -0.3 is 10.6 Å². The van der Waals surface area contributed by atoms with E-state index in [2.05, 4.69) is 42.7 Å². The number of anilines is 1. The summed E-state index contributed by atoms with van der Waals surface area (Å²) in [7, 11) is 0. The van der Waals surface area contributed by atoms with Crippen LogP contribution in [-0.2, 0) is 12.8 Å². The lowest BCUT2D eigenvalue weighted by atomic mass is 9.88. The monoisotopic (exact) mass is 246 g/mol. The van der Waals surface area contributed by atoms with Gasteiger partial charge in [0.2, 0.25) is 0 Å². The number of rotatable bonds is 6. The molecule has 100 valence electrons. The van der Waals surface area contributed by atoms with Crippen molar-refractivity contribution in [2.75, 3.05) is 18.4 Å². The fourth-order valence-electron chi connectivity index (χ4n) is 2.66. The van der Waals surface area contributed by atoms with Gasteiger partial charge in [-0.25, -0.2) is 0 Å². The van der Waals surface area contributed by atoms with Crippen LogP contribution in [0.2, 0.25) is 0 Å². The Morgan fingerprint density at radius 3 is 2.72 bits per heavy atom. The highest BCUT2D eigenvalue weighted by atomic mass is 14.9. The first-order valence-electron chi connectivity index (χ1n) is 7.42. The molecule has 0 amide bonds. The van der Waals surface area contributed by atoms with E-state index in [1.807, 2.05) is 0 Å². The first kappa shape index (κ1) is 13.4. The first-order valence-corrected chi connectivity index (χ1v) is 7.42. The second-order valence-electron chi connectivity index (χ2n) is 5.30. The quantitative estimate of drug-likeness (QED) is 0.804. The fourth-order valence-corrected chi connectivity index (χ4v) is 2.66. The summed E-state index contributed by atoms with van der Waals surface area (Å²) in [5.74, 6) is 0. The van der Waals surface area contributed by atoms with Gasteiger partial charge >= 0.3 is 0 Å². The van der Waals surface area contributed by atoms with E-state index in [-0.39, 0.29) is 0 Å². The van der Waals surface area contributed by atoms with Crippen LogP contribution < -0.4 is 10.6 Å². The highest BCUT2D eigenvalue weighted by Crippen LogP contribution is 2.24. The predicted octanol–water partition coefficient (Wildman–Crippen LogP) is 3.37. The van der Waals surface area contributed by atoms with Crippen molar-refractivity contribution >= 4 is 5.69 Å². The lowest BCUT2D eigenvalue weighted by molar-refractivity contribution is 0.459. The Hall–Kier alpha value is -1.02. The summed E-state index contributed by atoms with van der Waals surface area (Å²) in [5, 5.41) is 7.14. The summed E-state index contributed by atoms with van der Waals surface area (Å²) in [6, 6.07) is 7.57. The minimum atomic E-state index is 0.680. The molecule has 1 aromatic carbocycles. The Balaban J connectivity index is 2.00. The summed E-state index contributed by atoms with van der Waals surface area (Å²) in [6.45, 7) is 6.65. The number of hydrogen-bond donors (Lipinski definition) is 2. The summed E-state index contributed by atoms with van der Waals surface area (Å²) in [6.07, 6.45) is 6.11. The van der Waals surface area contributed by atoms with Gasteiger partial charge in [-0.1, -0.05) is 19.9 Å². The summed E-state index contributed by atoms with van der Waals surface area (Å²) >= 11 is 0. The standard InChI is InChI=1S/C16H26N2/c1-3-9-17-15-7-5-13-6-8-16(18-10-4-2)12-14(13)11-15/h5,7,11,16-18H,3-4,6,8-10,12H2,1-2H3. The Bertz CT molecular complexity index is 373. The third kappa shape index (κ3) is 3.49. The average molecular weight is 246 g/mol. The highest BCUT2D eigenvalue weighted by molar-refractivity contribution is 5.49. The number of hydrogen-bond acceptors (Lipinski definition) is 2. The molecule has 1 aliphatic carbocycles. The van der Waals surface area contributed by atoms with E-state index >= 15 is 0 Å². The third-order valence-electron chi connectivity index (χ3n) is 3.70. The maximum absolute atomic E-state index is 3.65. The number of fused-ring (bicyclic) bond motifs is 1. The molecule has 0 fully saturated rings. The largest absolute Gasteiger partial charge is 0.385 e.